The Morgan fingerprint density at radius 2 is 1.62 bits per heavy atom. The van der Waals surface area contributed by atoms with Crippen LogP contribution in [-0.4, -0.2) is 4.99 Å². The zero-order chi connectivity index (χ0) is 10.0. The molecule has 0 spiro atoms. The number of benzene rings is 1. The maximum Gasteiger partial charge on any atom is 0.0765 e. The second-order valence-electron chi connectivity index (χ2n) is 3.45. The summed E-state index contributed by atoms with van der Waals surface area (Å²) in [5, 5.41) is 3.20. The van der Waals surface area contributed by atoms with Crippen LogP contribution in [0.3, 0.4) is 0 Å². The minimum atomic E-state index is 0.815. The first-order chi connectivity index (χ1) is 6.00. The van der Waals surface area contributed by atoms with Crippen LogP contribution in [-0.2, 0) is 0 Å². The normalized spacial score (nSPS) is 9.85. The van der Waals surface area contributed by atoms with Gasteiger partial charge >= 0.3 is 0 Å². The first-order valence-electron chi connectivity index (χ1n) is 4.36. The molecule has 0 aliphatic carbocycles. The van der Waals surface area contributed by atoms with Crippen molar-refractivity contribution < 1.29 is 0 Å². The SMILES string of the molecule is CC(=S)Nc1c(C)cc(C)cc1C. The predicted octanol–water partition coefficient (Wildman–Crippen LogP) is 3.37. The summed E-state index contributed by atoms with van der Waals surface area (Å²) in [6.07, 6.45) is 0. The molecule has 0 atom stereocenters. The number of rotatable bonds is 1. The standard InChI is InChI=1S/C11H15NS/c1-7-5-8(2)11(9(3)6-7)12-10(4)13/h5-6H,1-4H3,(H,12,13). The summed E-state index contributed by atoms with van der Waals surface area (Å²) in [6.45, 7) is 8.20. The Bertz CT molecular complexity index is 319. The van der Waals surface area contributed by atoms with E-state index in [-0.39, 0.29) is 0 Å². The molecule has 0 saturated carbocycles. The van der Waals surface area contributed by atoms with Crippen LogP contribution in [0.1, 0.15) is 23.6 Å². The van der Waals surface area contributed by atoms with Gasteiger partial charge in [-0.25, -0.2) is 0 Å². The van der Waals surface area contributed by atoms with Gasteiger partial charge in [0.2, 0.25) is 0 Å². The fourth-order valence-corrected chi connectivity index (χ4v) is 1.66. The van der Waals surface area contributed by atoms with Gasteiger partial charge in [0, 0.05) is 5.69 Å². The molecule has 0 heterocycles. The molecule has 1 aromatic rings. The van der Waals surface area contributed by atoms with E-state index >= 15 is 0 Å². The van der Waals surface area contributed by atoms with Gasteiger partial charge in [0.25, 0.3) is 0 Å². The first kappa shape index (κ1) is 10.2. The van der Waals surface area contributed by atoms with Crippen molar-refractivity contribution in [2.75, 3.05) is 5.32 Å². The second kappa shape index (κ2) is 3.88. The molecule has 0 aromatic heterocycles. The molecule has 0 radical (unpaired) electrons. The van der Waals surface area contributed by atoms with Gasteiger partial charge in [-0.15, -0.1) is 0 Å². The van der Waals surface area contributed by atoms with Gasteiger partial charge in [-0.3, -0.25) is 0 Å². The number of hydrogen-bond acceptors (Lipinski definition) is 1. The summed E-state index contributed by atoms with van der Waals surface area (Å²) in [4.78, 5) is 0.815. The van der Waals surface area contributed by atoms with E-state index in [4.69, 9.17) is 12.2 Å². The van der Waals surface area contributed by atoms with Crippen molar-refractivity contribution in [3.8, 4) is 0 Å². The predicted molar refractivity (Wildman–Crippen MR) is 62.5 cm³/mol. The highest BCUT2D eigenvalue weighted by molar-refractivity contribution is 7.80. The molecule has 1 N–H and O–H groups in total. The molecular formula is C11H15NS. The van der Waals surface area contributed by atoms with E-state index in [0.717, 1.165) is 10.7 Å². The Kier molecular flexibility index (Phi) is 3.04. The number of thiocarbonyl (C=S) groups is 1. The van der Waals surface area contributed by atoms with Crippen LogP contribution in [0.2, 0.25) is 0 Å². The highest BCUT2D eigenvalue weighted by Crippen LogP contribution is 2.21. The molecule has 0 amide bonds. The van der Waals surface area contributed by atoms with Crippen molar-refractivity contribution in [2.24, 2.45) is 0 Å². The van der Waals surface area contributed by atoms with Gasteiger partial charge in [-0.05, 0) is 38.8 Å². The molecule has 0 aliphatic heterocycles. The van der Waals surface area contributed by atoms with Gasteiger partial charge in [0.05, 0.1) is 4.99 Å². The van der Waals surface area contributed by atoms with Crippen molar-refractivity contribution in [2.45, 2.75) is 27.7 Å². The first-order valence-corrected chi connectivity index (χ1v) is 4.77. The van der Waals surface area contributed by atoms with E-state index in [2.05, 4.69) is 38.2 Å². The lowest BCUT2D eigenvalue weighted by Gasteiger charge is -2.12. The van der Waals surface area contributed by atoms with Crippen LogP contribution < -0.4 is 5.32 Å². The minimum Gasteiger partial charge on any atom is -0.350 e. The van der Waals surface area contributed by atoms with Crippen molar-refractivity contribution in [3.63, 3.8) is 0 Å². The van der Waals surface area contributed by atoms with Crippen LogP contribution in [0.15, 0.2) is 12.1 Å². The fraction of sp³-hybridized carbons (Fsp3) is 0.364. The Morgan fingerprint density at radius 3 is 2.00 bits per heavy atom. The number of nitrogens with one attached hydrogen (secondary N) is 1. The molecule has 0 saturated heterocycles. The molecule has 70 valence electrons. The molecule has 0 fully saturated rings. The average Bonchev–Trinajstić information content (AvgIpc) is 1.96. The average molecular weight is 193 g/mol. The van der Waals surface area contributed by atoms with Crippen LogP contribution in [0.25, 0.3) is 0 Å². The van der Waals surface area contributed by atoms with E-state index in [0.29, 0.717) is 0 Å². The van der Waals surface area contributed by atoms with Gasteiger partial charge in [0.1, 0.15) is 0 Å². The van der Waals surface area contributed by atoms with E-state index < -0.39 is 0 Å². The molecule has 1 rings (SSSR count). The highest BCUT2D eigenvalue weighted by Gasteiger charge is 2.02. The summed E-state index contributed by atoms with van der Waals surface area (Å²) in [6, 6.07) is 4.32. The molecule has 1 aromatic carbocycles. The van der Waals surface area contributed by atoms with Crippen molar-refractivity contribution in [1.29, 1.82) is 0 Å². The monoisotopic (exact) mass is 193 g/mol. The van der Waals surface area contributed by atoms with Gasteiger partial charge < -0.3 is 5.32 Å². The molecule has 0 bridgehead atoms. The highest BCUT2D eigenvalue weighted by atomic mass is 32.1. The van der Waals surface area contributed by atoms with Crippen LogP contribution in [0.5, 0.6) is 0 Å². The van der Waals surface area contributed by atoms with Gasteiger partial charge in [-0.2, -0.15) is 0 Å². The molecule has 0 aliphatic rings. The molecule has 0 unspecified atom stereocenters. The Balaban J connectivity index is 3.13. The zero-order valence-corrected chi connectivity index (χ0v) is 9.38. The third kappa shape index (κ3) is 2.52. The van der Waals surface area contributed by atoms with Crippen molar-refractivity contribution in [1.82, 2.24) is 0 Å². The Morgan fingerprint density at radius 1 is 1.15 bits per heavy atom. The Labute approximate surface area is 85.2 Å². The Hall–Kier alpha value is -0.890. The third-order valence-electron chi connectivity index (χ3n) is 1.98. The van der Waals surface area contributed by atoms with E-state index in [1.165, 1.54) is 16.7 Å². The number of aryl methyl sites for hydroxylation is 3. The molecular weight excluding hydrogens is 178 g/mol. The topological polar surface area (TPSA) is 12.0 Å². The fourth-order valence-electron chi connectivity index (χ4n) is 1.55. The van der Waals surface area contributed by atoms with E-state index in [1.807, 2.05) is 6.92 Å². The van der Waals surface area contributed by atoms with Gasteiger partial charge in [-0.1, -0.05) is 29.9 Å². The van der Waals surface area contributed by atoms with Crippen molar-refractivity contribution >= 4 is 22.9 Å². The lowest BCUT2D eigenvalue weighted by Crippen LogP contribution is -2.06. The second-order valence-corrected chi connectivity index (χ2v) is 4.07. The zero-order valence-electron chi connectivity index (χ0n) is 8.56. The summed E-state index contributed by atoms with van der Waals surface area (Å²) in [7, 11) is 0. The quantitative estimate of drug-likeness (QED) is 0.686. The summed E-state index contributed by atoms with van der Waals surface area (Å²) in [5.74, 6) is 0. The van der Waals surface area contributed by atoms with Gasteiger partial charge in [0.15, 0.2) is 0 Å². The molecule has 2 heteroatoms. The minimum absolute atomic E-state index is 0.815. The molecule has 13 heavy (non-hydrogen) atoms. The smallest absolute Gasteiger partial charge is 0.0765 e. The maximum absolute atomic E-state index is 5.02. The van der Waals surface area contributed by atoms with Crippen LogP contribution in [0.4, 0.5) is 5.69 Å². The third-order valence-corrected chi connectivity index (χ3v) is 2.08. The molecule has 1 nitrogen and oxygen atoms in total. The van der Waals surface area contributed by atoms with E-state index in [9.17, 15) is 0 Å². The maximum atomic E-state index is 5.02. The summed E-state index contributed by atoms with van der Waals surface area (Å²) < 4.78 is 0. The van der Waals surface area contributed by atoms with Crippen LogP contribution in [0, 0.1) is 20.8 Å². The van der Waals surface area contributed by atoms with Crippen LogP contribution >= 0.6 is 12.2 Å². The summed E-state index contributed by atoms with van der Waals surface area (Å²) >= 11 is 5.02. The van der Waals surface area contributed by atoms with E-state index in [1.54, 1.807) is 0 Å². The lowest BCUT2D eigenvalue weighted by atomic mass is 10.1. The van der Waals surface area contributed by atoms with Crippen molar-refractivity contribution in [3.05, 3.63) is 28.8 Å². The largest absolute Gasteiger partial charge is 0.350 e. The summed E-state index contributed by atoms with van der Waals surface area (Å²) in [5.41, 5.74) is 4.95. The lowest BCUT2D eigenvalue weighted by molar-refractivity contribution is 1.32. The number of hydrogen-bond donors (Lipinski definition) is 1. The number of anilines is 1.